The monoisotopic (exact) mass is 455 g/mol. The highest BCUT2D eigenvalue weighted by atomic mass is 79.9. The Morgan fingerprint density at radius 3 is 2.34 bits per heavy atom. The number of amides is 1. The summed E-state index contributed by atoms with van der Waals surface area (Å²) in [6.07, 6.45) is 0. The van der Waals surface area contributed by atoms with E-state index in [1.807, 2.05) is 67.6 Å². The Hall–Kier alpha value is -2.99. The molecule has 0 saturated heterocycles. The van der Waals surface area contributed by atoms with Crippen LogP contribution in [0.5, 0.6) is 17.2 Å². The molecule has 3 aromatic rings. The molecule has 0 bridgehead atoms. The number of benzene rings is 3. The molecule has 0 aliphatic rings. The van der Waals surface area contributed by atoms with Crippen molar-refractivity contribution in [3.05, 3.63) is 82.8 Å². The summed E-state index contributed by atoms with van der Waals surface area (Å²) in [5, 5.41) is 2.81. The number of ether oxygens (including phenoxy) is 3. The first kappa shape index (κ1) is 20.7. The number of hydrogen-bond donors (Lipinski definition) is 1. The van der Waals surface area contributed by atoms with Crippen molar-refractivity contribution in [3.8, 4) is 17.2 Å². The van der Waals surface area contributed by atoms with E-state index < -0.39 is 0 Å². The summed E-state index contributed by atoms with van der Waals surface area (Å²) < 4.78 is 17.7. The highest BCUT2D eigenvalue weighted by Gasteiger charge is 2.07. The second-order valence-electron chi connectivity index (χ2n) is 6.31. The minimum absolute atomic E-state index is 0.0857. The molecule has 0 unspecified atom stereocenters. The number of carbonyl (C=O) groups is 1. The average Bonchev–Trinajstić information content (AvgIpc) is 2.72. The molecular weight excluding hydrogens is 434 g/mol. The third kappa shape index (κ3) is 6.84. The third-order valence-electron chi connectivity index (χ3n) is 3.93. The number of aryl methyl sites for hydroxylation is 1. The van der Waals surface area contributed by atoms with Crippen LogP contribution >= 0.6 is 15.9 Å². The van der Waals surface area contributed by atoms with E-state index in [1.54, 1.807) is 12.1 Å². The van der Waals surface area contributed by atoms with Crippen LogP contribution in [0.1, 0.15) is 5.56 Å². The summed E-state index contributed by atoms with van der Waals surface area (Å²) in [5.41, 5.74) is 1.75. The Bertz CT molecular complexity index is 947. The van der Waals surface area contributed by atoms with Crippen molar-refractivity contribution in [3.63, 3.8) is 0 Å². The van der Waals surface area contributed by atoms with E-state index in [0.717, 1.165) is 15.8 Å². The van der Waals surface area contributed by atoms with Gasteiger partial charge in [0.05, 0.1) is 4.47 Å². The van der Waals surface area contributed by atoms with Crippen LogP contribution in [-0.4, -0.2) is 25.7 Å². The Morgan fingerprint density at radius 2 is 1.59 bits per heavy atom. The van der Waals surface area contributed by atoms with Gasteiger partial charge in [0.15, 0.2) is 6.61 Å². The molecule has 6 heteroatoms. The van der Waals surface area contributed by atoms with E-state index in [9.17, 15) is 4.79 Å². The Balaban J connectivity index is 1.44. The quantitative estimate of drug-likeness (QED) is 0.448. The predicted octanol–water partition coefficient (Wildman–Crippen LogP) is 5.23. The average molecular weight is 456 g/mol. The summed E-state index contributed by atoms with van der Waals surface area (Å²) in [6, 6.07) is 22.5. The number of hydrogen-bond acceptors (Lipinski definition) is 4. The molecule has 3 aromatic carbocycles. The van der Waals surface area contributed by atoms with Crippen LogP contribution in [0.4, 0.5) is 5.69 Å². The normalized spacial score (nSPS) is 10.3. The lowest BCUT2D eigenvalue weighted by molar-refractivity contribution is -0.118. The van der Waals surface area contributed by atoms with Crippen LogP contribution in [-0.2, 0) is 4.79 Å². The Morgan fingerprint density at radius 1 is 0.862 bits per heavy atom. The summed E-state index contributed by atoms with van der Waals surface area (Å²) in [7, 11) is 0. The molecule has 0 atom stereocenters. The molecule has 0 heterocycles. The van der Waals surface area contributed by atoms with Crippen molar-refractivity contribution in [1.82, 2.24) is 0 Å². The van der Waals surface area contributed by atoms with Gasteiger partial charge in [0.1, 0.15) is 30.5 Å². The number of anilines is 1. The number of carbonyl (C=O) groups excluding carboxylic acids is 1. The lowest BCUT2D eigenvalue weighted by atomic mass is 10.2. The summed E-state index contributed by atoms with van der Waals surface area (Å²) >= 11 is 3.43. The molecule has 1 amide bonds. The van der Waals surface area contributed by atoms with Crippen LogP contribution in [0.15, 0.2) is 77.3 Å². The fourth-order valence-electron chi connectivity index (χ4n) is 2.56. The highest BCUT2D eigenvalue weighted by Crippen LogP contribution is 2.25. The zero-order valence-corrected chi connectivity index (χ0v) is 17.6. The van der Waals surface area contributed by atoms with Crippen molar-refractivity contribution < 1.29 is 19.0 Å². The van der Waals surface area contributed by atoms with E-state index in [1.165, 1.54) is 0 Å². The number of para-hydroxylation sites is 1. The van der Waals surface area contributed by atoms with Gasteiger partial charge in [-0.25, -0.2) is 0 Å². The highest BCUT2D eigenvalue weighted by molar-refractivity contribution is 9.10. The van der Waals surface area contributed by atoms with E-state index in [-0.39, 0.29) is 12.5 Å². The van der Waals surface area contributed by atoms with Crippen LogP contribution in [0.25, 0.3) is 0 Å². The lowest BCUT2D eigenvalue weighted by Gasteiger charge is -2.11. The number of rotatable bonds is 9. The molecule has 1 N–H and O–H groups in total. The predicted molar refractivity (Wildman–Crippen MR) is 117 cm³/mol. The van der Waals surface area contributed by atoms with Crippen LogP contribution in [0.3, 0.4) is 0 Å². The first-order valence-corrected chi connectivity index (χ1v) is 9.99. The molecule has 5 nitrogen and oxygen atoms in total. The molecule has 0 fully saturated rings. The van der Waals surface area contributed by atoms with Crippen molar-refractivity contribution in [1.29, 1.82) is 0 Å². The number of nitrogens with one attached hydrogen (secondary N) is 1. The second-order valence-corrected chi connectivity index (χ2v) is 7.16. The first-order chi connectivity index (χ1) is 14.1. The van der Waals surface area contributed by atoms with E-state index >= 15 is 0 Å². The first-order valence-electron chi connectivity index (χ1n) is 9.20. The summed E-state index contributed by atoms with van der Waals surface area (Å²) in [6.45, 7) is 2.73. The van der Waals surface area contributed by atoms with Crippen LogP contribution < -0.4 is 19.5 Å². The van der Waals surface area contributed by atoms with Gasteiger partial charge >= 0.3 is 0 Å². The molecule has 0 aliphatic heterocycles. The molecule has 0 spiro atoms. The van der Waals surface area contributed by atoms with E-state index in [4.69, 9.17) is 14.2 Å². The van der Waals surface area contributed by atoms with Gasteiger partial charge in [-0.15, -0.1) is 0 Å². The molecule has 3 rings (SSSR count). The van der Waals surface area contributed by atoms with Gasteiger partial charge in [0.2, 0.25) is 0 Å². The van der Waals surface area contributed by atoms with Gasteiger partial charge in [-0.05, 0) is 64.8 Å². The minimum atomic E-state index is -0.248. The van der Waals surface area contributed by atoms with Crippen molar-refractivity contribution >= 4 is 27.5 Å². The lowest BCUT2D eigenvalue weighted by Crippen LogP contribution is -2.20. The van der Waals surface area contributed by atoms with Crippen LogP contribution in [0, 0.1) is 6.92 Å². The Labute approximate surface area is 178 Å². The van der Waals surface area contributed by atoms with Gasteiger partial charge in [0, 0.05) is 11.8 Å². The van der Waals surface area contributed by atoms with Gasteiger partial charge in [-0.3, -0.25) is 4.79 Å². The minimum Gasteiger partial charge on any atom is -0.490 e. The maximum Gasteiger partial charge on any atom is 0.262 e. The molecule has 0 radical (unpaired) electrons. The maximum absolute atomic E-state index is 12.2. The summed E-state index contributed by atoms with van der Waals surface area (Å²) in [4.78, 5) is 12.2. The maximum atomic E-state index is 12.2. The number of halogens is 1. The fourth-order valence-corrected chi connectivity index (χ4v) is 3.17. The molecule has 29 heavy (non-hydrogen) atoms. The topological polar surface area (TPSA) is 56.8 Å². The molecule has 0 aromatic heterocycles. The standard InChI is InChI=1S/C23H22BrNO4/c1-17-10-11-22(21(24)14-17)29-16-23(26)25-18-6-5-9-20(15-18)28-13-12-27-19-7-3-2-4-8-19/h2-11,14-15H,12-13,16H2,1H3,(H,25,26). The third-order valence-corrected chi connectivity index (χ3v) is 4.55. The van der Waals surface area contributed by atoms with Crippen molar-refractivity contribution in [2.75, 3.05) is 25.1 Å². The van der Waals surface area contributed by atoms with Crippen molar-refractivity contribution in [2.24, 2.45) is 0 Å². The van der Waals surface area contributed by atoms with E-state index in [2.05, 4.69) is 21.2 Å². The van der Waals surface area contributed by atoms with Gasteiger partial charge in [-0.1, -0.05) is 30.3 Å². The van der Waals surface area contributed by atoms with Gasteiger partial charge in [0.25, 0.3) is 5.91 Å². The molecular formula is C23H22BrNO4. The Kier molecular flexibility index (Phi) is 7.53. The molecule has 150 valence electrons. The second kappa shape index (κ2) is 10.5. The largest absolute Gasteiger partial charge is 0.490 e. The molecule has 0 saturated carbocycles. The fraction of sp³-hybridized carbons (Fsp3) is 0.174. The van der Waals surface area contributed by atoms with Gasteiger partial charge < -0.3 is 19.5 Å². The summed E-state index contributed by atoms with van der Waals surface area (Å²) in [5.74, 6) is 1.84. The van der Waals surface area contributed by atoms with Gasteiger partial charge in [-0.2, -0.15) is 0 Å². The zero-order chi connectivity index (χ0) is 20.5. The van der Waals surface area contributed by atoms with Crippen LogP contribution in [0.2, 0.25) is 0 Å². The van der Waals surface area contributed by atoms with Crippen molar-refractivity contribution in [2.45, 2.75) is 6.92 Å². The smallest absolute Gasteiger partial charge is 0.262 e. The molecule has 0 aliphatic carbocycles. The SMILES string of the molecule is Cc1ccc(OCC(=O)Nc2cccc(OCCOc3ccccc3)c2)c(Br)c1. The van der Waals surface area contributed by atoms with E-state index in [0.29, 0.717) is 30.4 Å². The zero-order valence-electron chi connectivity index (χ0n) is 16.1.